The van der Waals surface area contributed by atoms with Crippen LogP contribution in [0.2, 0.25) is 0 Å². The van der Waals surface area contributed by atoms with Crippen LogP contribution in [0.5, 0.6) is 5.88 Å². The number of pyridine rings is 1. The number of fused-ring (bicyclic) bond motifs is 2. The first-order valence-corrected chi connectivity index (χ1v) is 18.2. The molecular formula is C39H45FN8O3. The van der Waals surface area contributed by atoms with E-state index in [1.54, 1.807) is 25.3 Å². The summed E-state index contributed by atoms with van der Waals surface area (Å²) in [5.41, 5.74) is 10.2. The zero-order valence-corrected chi connectivity index (χ0v) is 29.2. The van der Waals surface area contributed by atoms with E-state index >= 15 is 0 Å². The zero-order valence-electron chi connectivity index (χ0n) is 29.2. The maximum atomic E-state index is 14.4. The van der Waals surface area contributed by atoms with Crippen LogP contribution < -0.4 is 25.8 Å². The van der Waals surface area contributed by atoms with Crippen molar-refractivity contribution < 1.29 is 18.7 Å². The van der Waals surface area contributed by atoms with Crippen LogP contribution in [0.25, 0.3) is 11.0 Å². The van der Waals surface area contributed by atoms with Crippen molar-refractivity contribution in [2.75, 3.05) is 31.7 Å². The summed E-state index contributed by atoms with van der Waals surface area (Å²) in [6.45, 7) is 5.27. The van der Waals surface area contributed by atoms with Gasteiger partial charge in [-0.05, 0) is 93.2 Å². The van der Waals surface area contributed by atoms with Crippen LogP contribution in [0, 0.1) is 28.5 Å². The molecule has 12 heteroatoms. The van der Waals surface area contributed by atoms with Gasteiger partial charge in [0.05, 0.1) is 29.3 Å². The lowest BCUT2D eigenvalue weighted by atomic mass is 9.79. The molecule has 8 rings (SSSR count). The molecule has 2 saturated heterocycles. The number of nitrogens with zero attached hydrogens (tertiary/aromatic N) is 5. The molecule has 0 bridgehead atoms. The number of amides is 1. The third-order valence-corrected chi connectivity index (χ3v) is 11.8. The fraction of sp³-hybridized carbons (Fsp3) is 0.487. The third-order valence-electron chi connectivity index (χ3n) is 11.8. The Bertz CT molecular complexity index is 1970. The molecule has 2 saturated carbocycles. The summed E-state index contributed by atoms with van der Waals surface area (Å²) in [6.07, 6.45) is 6.14. The van der Waals surface area contributed by atoms with Crippen LogP contribution in [0.4, 0.5) is 10.2 Å². The molecule has 0 radical (unpaired) electrons. The highest BCUT2D eigenvalue weighted by molar-refractivity contribution is 5.97. The first-order chi connectivity index (χ1) is 24.8. The minimum atomic E-state index is -0.463. The Morgan fingerprint density at radius 1 is 1.12 bits per heavy atom. The molecule has 2 aliphatic carbocycles. The molecule has 4 heterocycles. The number of methoxy groups -OCH3 is 1. The number of nitriles is 1. The highest BCUT2D eigenvalue weighted by Crippen LogP contribution is 2.65. The molecule has 4 fully saturated rings. The summed E-state index contributed by atoms with van der Waals surface area (Å²) in [7, 11) is 1.72. The number of aromatic nitrogens is 3. The van der Waals surface area contributed by atoms with Crippen LogP contribution in [-0.4, -0.2) is 65.4 Å². The largest absolute Gasteiger partial charge is 0.473 e. The third kappa shape index (κ3) is 6.66. The van der Waals surface area contributed by atoms with Crippen molar-refractivity contribution in [3.8, 4) is 11.9 Å². The van der Waals surface area contributed by atoms with Crippen LogP contribution in [0.15, 0.2) is 54.6 Å². The van der Waals surface area contributed by atoms with E-state index in [0.29, 0.717) is 54.1 Å². The highest BCUT2D eigenvalue weighted by atomic mass is 19.1. The summed E-state index contributed by atoms with van der Waals surface area (Å²) in [5.74, 6) is 2.75. The predicted octanol–water partition coefficient (Wildman–Crippen LogP) is 5.20. The zero-order chi connectivity index (χ0) is 35.1. The maximum Gasteiger partial charge on any atom is 0.251 e. The molecule has 4 aliphatic rings. The van der Waals surface area contributed by atoms with Gasteiger partial charge in [-0.3, -0.25) is 15.6 Å². The molecule has 2 aromatic carbocycles. The number of piperidine rings is 1. The number of hydrogen-bond acceptors (Lipinski definition) is 9. The Morgan fingerprint density at radius 2 is 1.98 bits per heavy atom. The fourth-order valence-corrected chi connectivity index (χ4v) is 8.65. The molecule has 11 nitrogen and oxygen atoms in total. The summed E-state index contributed by atoms with van der Waals surface area (Å²) in [5, 5.41) is 12.3. The Hall–Kier alpha value is -4.57. The number of rotatable bonds is 10. The number of nitrogens with one attached hydrogen (secondary N) is 3. The first kappa shape index (κ1) is 33.6. The van der Waals surface area contributed by atoms with Crippen molar-refractivity contribution in [2.45, 2.75) is 82.6 Å². The van der Waals surface area contributed by atoms with Gasteiger partial charge in [-0.15, -0.1) is 0 Å². The molecule has 1 spiro atoms. The van der Waals surface area contributed by atoms with E-state index in [1.165, 1.54) is 6.07 Å². The van der Waals surface area contributed by atoms with Crippen molar-refractivity contribution in [1.29, 1.82) is 5.26 Å². The van der Waals surface area contributed by atoms with Crippen LogP contribution in [0.3, 0.4) is 0 Å². The van der Waals surface area contributed by atoms with Crippen molar-refractivity contribution in [1.82, 2.24) is 30.7 Å². The van der Waals surface area contributed by atoms with Crippen LogP contribution >= 0.6 is 0 Å². The number of anilines is 1. The summed E-state index contributed by atoms with van der Waals surface area (Å²) in [6, 6.07) is 19.0. The number of carbonyl (C=O) groups excluding carboxylic acids is 1. The second kappa shape index (κ2) is 13.9. The Morgan fingerprint density at radius 3 is 2.78 bits per heavy atom. The minimum Gasteiger partial charge on any atom is -0.473 e. The summed E-state index contributed by atoms with van der Waals surface area (Å²) >= 11 is 0. The summed E-state index contributed by atoms with van der Waals surface area (Å²) in [4.78, 5) is 25.7. The van der Waals surface area contributed by atoms with E-state index in [0.717, 1.165) is 74.3 Å². The van der Waals surface area contributed by atoms with E-state index in [-0.39, 0.29) is 29.5 Å². The first-order valence-electron chi connectivity index (χ1n) is 18.2. The van der Waals surface area contributed by atoms with Gasteiger partial charge in [0.25, 0.3) is 5.91 Å². The lowest BCUT2D eigenvalue weighted by molar-refractivity contribution is 0.0916. The van der Waals surface area contributed by atoms with Crippen LogP contribution in [0.1, 0.15) is 78.7 Å². The Kier molecular flexibility index (Phi) is 9.12. The maximum absolute atomic E-state index is 14.4. The van der Waals surface area contributed by atoms with E-state index in [1.807, 2.05) is 36.4 Å². The molecule has 5 atom stereocenters. The van der Waals surface area contributed by atoms with E-state index in [4.69, 9.17) is 24.7 Å². The topological polar surface area (TPSA) is 129 Å². The standard InChI is InChI=1S/C39H45FN8O3/c1-24-29-20-28(9-10-32(29)46-45-24)42-38(49)26-8-11-34-33(19-26)43-37(48(34)16-17-50-2)30-21-39(30)12-14-47(15-13-39)35-4-3-5-36(44-35)51-23-27-7-6-25(22-41)18-31(27)40/h3-8,11,18-19,24,28-30,32,45-46H,9-10,12-17,20-21,23H2,1-2H3,(H,42,49). The SMILES string of the molecule is COCCn1c(C2CC23CCN(c2cccc(OCc4ccc(C#N)cc4F)n2)CC3)nc2cc(C(=O)NC3CCC4NNC(C)C4C3)ccc21. The van der Waals surface area contributed by atoms with Gasteiger partial charge in [0.2, 0.25) is 5.88 Å². The van der Waals surface area contributed by atoms with Gasteiger partial charge in [0.15, 0.2) is 0 Å². The second-order valence-electron chi connectivity index (χ2n) is 14.8. The average molecular weight is 693 g/mol. The molecule has 51 heavy (non-hydrogen) atoms. The lowest BCUT2D eigenvalue weighted by Gasteiger charge is -2.34. The average Bonchev–Trinajstić information content (AvgIpc) is 3.52. The van der Waals surface area contributed by atoms with Gasteiger partial charge in [-0.25, -0.2) is 9.37 Å². The molecule has 5 unspecified atom stereocenters. The van der Waals surface area contributed by atoms with Gasteiger partial charge in [-0.2, -0.15) is 10.2 Å². The smallest absolute Gasteiger partial charge is 0.251 e. The van der Waals surface area contributed by atoms with Gasteiger partial charge in [-0.1, -0.05) is 12.1 Å². The van der Waals surface area contributed by atoms with Crippen molar-refractivity contribution in [3.05, 3.63) is 82.9 Å². The molecule has 266 valence electrons. The molecule has 4 aromatic rings. The molecule has 2 aliphatic heterocycles. The van der Waals surface area contributed by atoms with Gasteiger partial charge >= 0.3 is 0 Å². The fourth-order valence-electron chi connectivity index (χ4n) is 8.65. The molecule has 1 amide bonds. The van der Waals surface area contributed by atoms with E-state index < -0.39 is 5.82 Å². The molecule has 2 aromatic heterocycles. The number of ether oxygens (including phenoxy) is 2. The van der Waals surface area contributed by atoms with Gasteiger partial charge in [0, 0.05) is 68.0 Å². The molecular weight excluding hydrogens is 647 g/mol. The lowest BCUT2D eigenvalue weighted by Crippen LogP contribution is -2.44. The highest BCUT2D eigenvalue weighted by Gasteiger charge is 2.57. The number of hydrazine groups is 1. The number of halogens is 1. The predicted molar refractivity (Wildman–Crippen MR) is 191 cm³/mol. The monoisotopic (exact) mass is 692 g/mol. The minimum absolute atomic E-state index is 0.0281. The van der Waals surface area contributed by atoms with Crippen LogP contribution in [-0.2, 0) is 17.9 Å². The second-order valence-corrected chi connectivity index (χ2v) is 14.8. The Labute approximate surface area is 297 Å². The van der Waals surface area contributed by atoms with Gasteiger partial charge < -0.3 is 24.3 Å². The van der Waals surface area contributed by atoms with Gasteiger partial charge in [0.1, 0.15) is 24.1 Å². The number of imidazole rings is 1. The number of hydrogen-bond donors (Lipinski definition) is 3. The normalized spacial score (nSPS) is 25.1. The van der Waals surface area contributed by atoms with Crippen molar-refractivity contribution >= 4 is 22.8 Å². The summed E-state index contributed by atoms with van der Waals surface area (Å²) < 4.78 is 28.0. The number of carbonyl (C=O) groups is 1. The Balaban J connectivity index is 0.924. The number of benzene rings is 2. The molecule has 3 N–H and O–H groups in total. The quantitative estimate of drug-likeness (QED) is 0.205. The van der Waals surface area contributed by atoms with E-state index in [2.05, 4.69) is 32.6 Å². The van der Waals surface area contributed by atoms with Crippen molar-refractivity contribution in [2.24, 2.45) is 11.3 Å². The van der Waals surface area contributed by atoms with E-state index in [9.17, 15) is 9.18 Å². The van der Waals surface area contributed by atoms with Crippen molar-refractivity contribution in [3.63, 3.8) is 0 Å².